The van der Waals surface area contributed by atoms with Crippen molar-refractivity contribution < 1.29 is 9.90 Å². The lowest BCUT2D eigenvalue weighted by molar-refractivity contribution is 0.0303. The second kappa shape index (κ2) is 5.33. The van der Waals surface area contributed by atoms with E-state index < -0.39 is 0 Å². The molecule has 3 atom stereocenters. The molecule has 1 aromatic rings. The van der Waals surface area contributed by atoms with Crippen molar-refractivity contribution >= 4 is 17.4 Å². The van der Waals surface area contributed by atoms with Crippen LogP contribution in [0.4, 0.5) is 4.79 Å². The summed E-state index contributed by atoms with van der Waals surface area (Å²) in [4.78, 5) is 19.7. The van der Waals surface area contributed by atoms with Crippen molar-refractivity contribution in [2.75, 3.05) is 13.1 Å². The molecule has 1 saturated heterocycles. The molecule has 2 heterocycles. The summed E-state index contributed by atoms with van der Waals surface area (Å²) in [5.41, 5.74) is 1.04. The second-order valence-electron chi connectivity index (χ2n) is 5.90. The lowest BCUT2D eigenvalue weighted by atomic mass is 9.95. The number of aryl methyl sites for hydroxylation is 2. The Bertz CT molecular complexity index is 483. The molecule has 0 aromatic carbocycles. The fraction of sp³-hybridized carbons (Fsp3) is 0.714. The van der Waals surface area contributed by atoms with E-state index in [1.165, 1.54) is 4.88 Å². The summed E-state index contributed by atoms with van der Waals surface area (Å²) in [7, 11) is 0. The summed E-state index contributed by atoms with van der Waals surface area (Å²) in [6.45, 7) is 5.88. The molecule has 2 N–H and O–H groups in total. The summed E-state index contributed by atoms with van der Waals surface area (Å²) in [6, 6.07) is -0.0284. The Balaban J connectivity index is 1.55. The Kier molecular flexibility index (Phi) is 3.69. The number of likely N-dealkylation sites (tertiary alicyclic amines) is 1. The molecule has 0 radical (unpaired) electrons. The minimum Gasteiger partial charge on any atom is -0.392 e. The number of fused-ring (bicyclic) bond motifs is 2. The molecule has 3 rings (SSSR count). The third kappa shape index (κ3) is 2.54. The molecular weight excluding hydrogens is 274 g/mol. The van der Waals surface area contributed by atoms with Gasteiger partial charge in [0.05, 0.1) is 18.3 Å². The minimum atomic E-state index is -0.205. The molecule has 5 nitrogen and oxygen atoms in total. The third-order valence-electron chi connectivity index (χ3n) is 4.53. The van der Waals surface area contributed by atoms with Gasteiger partial charge in [-0.3, -0.25) is 0 Å². The maximum absolute atomic E-state index is 12.2. The topological polar surface area (TPSA) is 65.5 Å². The SMILES string of the molecule is Cc1nc(CNC(=O)N2C[C@H]3CC[C@@H](C2)C3O)sc1C. The minimum absolute atomic E-state index is 0.0284. The molecule has 20 heavy (non-hydrogen) atoms. The number of aliphatic hydroxyl groups is 1. The predicted molar refractivity (Wildman–Crippen MR) is 77.6 cm³/mol. The summed E-state index contributed by atoms with van der Waals surface area (Å²) < 4.78 is 0. The molecule has 1 aromatic heterocycles. The van der Waals surface area contributed by atoms with Crippen molar-refractivity contribution in [2.24, 2.45) is 11.8 Å². The number of hydrogen-bond donors (Lipinski definition) is 2. The van der Waals surface area contributed by atoms with Crippen molar-refractivity contribution in [1.82, 2.24) is 15.2 Å². The van der Waals surface area contributed by atoms with Crippen LogP contribution in [-0.2, 0) is 6.54 Å². The van der Waals surface area contributed by atoms with Crippen LogP contribution in [0.2, 0.25) is 0 Å². The Morgan fingerprint density at radius 3 is 2.60 bits per heavy atom. The Morgan fingerprint density at radius 1 is 1.40 bits per heavy atom. The Hall–Kier alpha value is -1.14. The van der Waals surface area contributed by atoms with Gasteiger partial charge in [0.25, 0.3) is 0 Å². The highest BCUT2D eigenvalue weighted by atomic mass is 32.1. The number of carbonyl (C=O) groups excluding carboxylic acids is 1. The first kappa shape index (κ1) is 13.8. The molecule has 2 amide bonds. The van der Waals surface area contributed by atoms with Crippen molar-refractivity contribution in [3.05, 3.63) is 15.6 Å². The average Bonchev–Trinajstić information content (AvgIpc) is 2.83. The van der Waals surface area contributed by atoms with Gasteiger partial charge in [0, 0.05) is 29.8 Å². The lowest BCUT2D eigenvalue weighted by Crippen LogP contribution is -2.50. The fourth-order valence-corrected chi connectivity index (χ4v) is 4.11. The zero-order valence-electron chi connectivity index (χ0n) is 11.9. The van der Waals surface area contributed by atoms with Crippen molar-refractivity contribution in [2.45, 2.75) is 39.3 Å². The highest BCUT2D eigenvalue weighted by molar-refractivity contribution is 7.11. The molecular formula is C14H21N3O2S. The van der Waals surface area contributed by atoms with Crippen LogP contribution in [0.25, 0.3) is 0 Å². The van der Waals surface area contributed by atoms with Gasteiger partial charge in [-0.15, -0.1) is 11.3 Å². The van der Waals surface area contributed by atoms with Gasteiger partial charge in [0.2, 0.25) is 0 Å². The van der Waals surface area contributed by atoms with Gasteiger partial charge in [-0.05, 0) is 26.7 Å². The molecule has 1 aliphatic heterocycles. The highest BCUT2D eigenvalue weighted by Gasteiger charge is 2.42. The van der Waals surface area contributed by atoms with E-state index in [1.807, 2.05) is 18.7 Å². The van der Waals surface area contributed by atoms with Crippen LogP contribution in [0.3, 0.4) is 0 Å². The number of aliphatic hydroxyl groups excluding tert-OH is 1. The maximum Gasteiger partial charge on any atom is 0.317 e. The Morgan fingerprint density at radius 2 is 2.05 bits per heavy atom. The van der Waals surface area contributed by atoms with Gasteiger partial charge in [-0.25, -0.2) is 9.78 Å². The van der Waals surface area contributed by atoms with Crippen molar-refractivity contribution in [3.8, 4) is 0 Å². The molecule has 6 heteroatoms. The summed E-state index contributed by atoms with van der Waals surface area (Å²) in [6.07, 6.45) is 1.88. The first-order chi connectivity index (χ1) is 9.54. The molecule has 1 unspecified atom stereocenters. The molecule has 1 saturated carbocycles. The zero-order chi connectivity index (χ0) is 14.3. The van der Waals surface area contributed by atoms with Crippen LogP contribution in [0, 0.1) is 25.7 Å². The quantitative estimate of drug-likeness (QED) is 0.872. The Labute approximate surface area is 123 Å². The second-order valence-corrected chi connectivity index (χ2v) is 7.19. The summed E-state index contributed by atoms with van der Waals surface area (Å²) in [5, 5.41) is 13.9. The van der Waals surface area contributed by atoms with Crippen LogP contribution >= 0.6 is 11.3 Å². The van der Waals surface area contributed by atoms with Crippen molar-refractivity contribution in [3.63, 3.8) is 0 Å². The van der Waals surface area contributed by atoms with E-state index in [-0.39, 0.29) is 24.0 Å². The van der Waals surface area contributed by atoms with E-state index in [2.05, 4.69) is 10.3 Å². The van der Waals surface area contributed by atoms with Gasteiger partial charge >= 0.3 is 6.03 Å². The van der Waals surface area contributed by atoms with Crippen LogP contribution in [0.1, 0.15) is 28.4 Å². The van der Waals surface area contributed by atoms with E-state index in [4.69, 9.17) is 0 Å². The van der Waals surface area contributed by atoms with E-state index in [0.717, 1.165) is 23.5 Å². The average molecular weight is 295 g/mol. The molecule has 2 fully saturated rings. The largest absolute Gasteiger partial charge is 0.392 e. The third-order valence-corrected chi connectivity index (χ3v) is 5.61. The van der Waals surface area contributed by atoms with Gasteiger partial charge in [0.1, 0.15) is 5.01 Å². The monoisotopic (exact) mass is 295 g/mol. The normalized spacial score (nSPS) is 28.8. The predicted octanol–water partition coefficient (Wildman–Crippen LogP) is 1.67. The van der Waals surface area contributed by atoms with E-state index >= 15 is 0 Å². The van der Waals surface area contributed by atoms with Crippen molar-refractivity contribution in [1.29, 1.82) is 0 Å². The number of nitrogens with zero attached hydrogens (tertiary/aromatic N) is 2. The lowest BCUT2D eigenvalue weighted by Gasteiger charge is -2.35. The molecule has 1 aliphatic carbocycles. The summed E-state index contributed by atoms with van der Waals surface area (Å²) in [5.74, 6) is 0.535. The smallest absolute Gasteiger partial charge is 0.317 e. The number of urea groups is 1. The molecule has 0 spiro atoms. The van der Waals surface area contributed by atoms with Gasteiger partial charge in [-0.1, -0.05) is 0 Å². The van der Waals surface area contributed by atoms with E-state index in [1.54, 1.807) is 11.3 Å². The molecule has 110 valence electrons. The number of carbonyl (C=O) groups is 1. The zero-order valence-corrected chi connectivity index (χ0v) is 12.7. The van der Waals surface area contributed by atoms with Crippen LogP contribution in [0.15, 0.2) is 0 Å². The summed E-state index contributed by atoms with van der Waals surface area (Å²) >= 11 is 1.63. The molecule has 2 aliphatic rings. The number of amides is 2. The van der Waals surface area contributed by atoms with E-state index in [0.29, 0.717) is 19.6 Å². The van der Waals surface area contributed by atoms with Crippen LogP contribution in [-0.4, -0.2) is 40.2 Å². The van der Waals surface area contributed by atoms with Gasteiger partial charge in [0.15, 0.2) is 0 Å². The number of aromatic nitrogens is 1. The van der Waals surface area contributed by atoms with Crippen LogP contribution in [0.5, 0.6) is 0 Å². The fourth-order valence-electron chi connectivity index (χ4n) is 3.24. The maximum atomic E-state index is 12.2. The molecule has 2 bridgehead atoms. The van der Waals surface area contributed by atoms with Gasteiger partial charge in [-0.2, -0.15) is 0 Å². The number of hydrogen-bond acceptors (Lipinski definition) is 4. The standard InChI is InChI=1S/C14H21N3O2S/c1-8-9(2)20-12(16-8)5-15-14(19)17-6-10-3-4-11(7-17)13(10)18/h10-11,13,18H,3-7H2,1-2H3,(H,15,19)/t10-,11+,13?. The van der Waals surface area contributed by atoms with Gasteiger partial charge < -0.3 is 15.3 Å². The van der Waals surface area contributed by atoms with E-state index in [9.17, 15) is 9.90 Å². The first-order valence-electron chi connectivity index (χ1n) is 7.18. The number of rotatable bonds is 2. The number of thiazole rings is 1. The highest BCUT2D eigenvalue weighted by Crippen LogP contribution is 2.36. The number of nitrogens with one attached hydrogen (secondary N) is 1. The van der Waals surface area contributed by atoms with Crippen LogP contribution < -0.4 is 5.32 Å². The number of piperidine rings is 1. The first-order valence-corrected chi connectivity index (χ1v) is 8.00.